The number of aromatic nitrogens is 3. The summed E-state index contributed by atoms with van der Waals surface area (Å²) in [7, 11) is 0. The Balaban J connectivity index is 2.02. The molecule has 2 aromatic rings. The van der Waals surface area contributed by atoms with E-state index in [2.05, 4.69) is 14.8 Å². The van der Waals surface area contributed by atoms with Gasteiger partial charge in [0.2, 0.25) is 0 Å². The Hall–Kier alpha value is -1.36. The molecule has 84 valence electrons. The van der Waals surface area contributed by atoms with Gasteiger partial charge in [0.25, 0.3) is 0 Å². The predicted molar refractivity (Wildman–Crippen MR) is 65.3 cm³/mol. The van der Waals surface area contributed by atoms with Gasteiger partial charge in [0.05, 0.1) is 10.6 Å². The van der Waals surface area contributed by atoms with Crippen molar-refractivity contribution in [3.05, 3.63) is 17.8 Å². The molecule has 1 fully saturated rings. The van der Waals surface area contributed by atoms with E-state index in [1.807, 2.05) is 17.8 Å². The summed E-state index contributed by atoms with van der Waals surface area (Å²) in [5.41, 5.74) is 6.73. The zero-order chi connectivity index (χ0) is 11.0. The van der Waals surface area contributed by atoms with Crippen LogP contribution in [0.1, 0.15) is 31.7 Å². The lowest BCUT2D eigenvalue weighted by Crippen LogP contribution is -2.05. The molecule has 0 atom stereocenters. The number of nitrogens with two attached hydrogens (primary N) is 1. The van der Waals surface area contributed by atoms with Crippen LogP contribution in [0.4, 0.5) is 5.69 Å². The molecule has 3 rings (SSSR count). The normalized spacial score (nSPS) is 17.0. The Bertz CT molecular complexity index is 482. The topological polar surface area (TPSA) is 56.7 Å². The SMILES string of the molecule is Nc1ccsc1-c1nncn1C1CCCC1. The molecule has 0 saturated heterocycles. The molecule has 1 aliphatic carbocycles. The van der Waals surface area contributed by atoms with Crippen LogP contribution in [0.2, 0.25) is 0 Å². The molecule has 2 aromatic heterocycles. The van der Waals surface area contributed by atoms with Crippen LogP contribution in [0.15, 0.2) is 17.8 Å². The summed E-state index contributed by atoms with van der Waals surface area (Å²) in [5, 5.41) is 10.2. The summed E-state index contributed by atoms with van der Waals surface area (Å²) < 4.78 is 2.19. The van der Waals surface area contributed by atoms with Crippen molar-refractivity contribution >= 4 is 17.0 Å². The number of hydrogen-bond acceptors (Lipinski definition) is 4. The van der Waals surface area contributed by atoms with Gasteiger partial charge in [0.1, 0.15) is 6.33 Å². The average molecular weight is 234 g/mol. The zero-order valence-electron chi connectivity index (χ0n) is 8.97. The van der Waals surface area contributed by atoms with E-state index >= 15 is 0 Å². The highest BCUT2D eigenvalue weighted by Gasteiger charge is 2.21. The molecule has 0 unspecified atom stereocenters. The van der Waals surface area contributed by atoms with Crippen LogP contribution in [0.5, 0.6) is 0 Å². The van der Waals surface area contributed by atoms with E-state index < -0.39 is 0 Å². The van der Waals surface area contributed by atoms with Gasteiger partial charge < -0.3 is 10.3 Å². The smallest absolute Gasteiger partial charge is 0.176 e. The molecule has 1 saturated carbocycles. The molecule has 2 N–H and O–H groups in total. The molecule has 0 radical (unpaired) electrons. The van der Waals surface area contributed by atoms with Crippen LogP contribution in [0.25, 0.3) is 10.7 Å². The first kappa shape index (κ1) is 9.84. The minimum atomic E-state index is 0.562. The second-order valence-corrected chi connectivity index (χ2v) is 5.12. The fourth-order valence-corrected chi connectivity index (χ4v) is 3.16. The van der Waals surface area contributed by atoms with Gasteiger partial charge in [-0.25, -0.2) is 0 Å². The van der Waals surface area contributed by atoms with Crippen molar-refractivity contribution in [3.63, 3.8) is 0 Å². The molecule has 0 spiro atoms. The van der Waals surface area contributed by atoms with Crippen molar-refractivity contribution in [2.24, 2.45) is 0 Å². The van der Waals surface area contributed by atoms with Gasteiger partial charge in [0.15, 0.2) is 5.82 Å². The standard InChI is InChI=1S/C11H14N4S/c12-9-5-6-16-10(9)11-14-13-7-15(11)8-3-1-2-4-8/h5-8H,1-4,12H2. The number of nitrogen functional groups attached to an aromatic ring is 1. The zero-order valence-corrected chi connectivity index (χ0v) is 9.78. The first-order valence-corrected chi connectivity index (χ1v) is 6.47. The quantitative estimate of drug-likeness (QED) is 0.869. The van der Waals surface area contributed by atoms with Gasteiger partial charge in [0, 0.05) is 6.04 Å². The summed E-state index contributed by atoms with van der Waals surface area (Å²) in [5.74, 6) is 0.930. The van der Waals surface area contributed by atoms with Gasteiger partial charge in [-0.15, -0.1) is 21.5 Å². The van der Waals surface area contributed by atoms with Gasteiger partial charge >= 0.3 is 0 Å². The number of anilines is 1. The largest absolute Gasteiger partial charge is 0.397 e. The average Bonchev–Trinajstić information content (AvgIpc) is 2.95. The van der Waals surface area contributed by atoms with E-state index in [4.69, 9.17) is 5.73 Å². The predicted octanol–water partition coefficient (Wildman–Crippen LogP) is 2.70. The molecule has 5 heteroatoms. The maximum atomic E-state index is 5.93. The molecule has 0 aliphatic heterocycles. The minimum absolute atomic E-state index is 0.562. The third-order valence-electron chi connectivity index (χ3n) is 3.19. The highest BCUT2D eigenvalue weighted by atomic mass is 32.1. The second kappa shape index (κ2) is 3.90. The van der Waals surface area contributed by atoms with Crippen molar-refractivity contribution in [1.82, 2.24) is 14.8 Å². The van der Waals surface area contributed by atoms with Gasteiger partial charge in [-0.1, -0.05) is 12.8 Å². The van der Waals surface area contributed by atoms with Crippen molar-refractivity contribution < 1.29 is 0 Å². The molecule has 0 amide bonds. The molecule has 16 heavy (non-hydrogen) atoms. The second-order valence-electron chi connectivity index (χ2n) is 4.21. The Morgan fingerprint density at radius 1 is 1.38 bits per heavy atom. The maximum Gasteiger partial charge on any atom is 0.176 e. The molecular formula is C11H14N4S. The summed E-state index contributed by atoms with van der Waals surface area (Å²) >= 11 is 1.63. The molecule has 0 bridgehead atoms. The lowest BCUT2D eigenvalue weighted by atomic mass is 10.2. The fraction of sp³-hybridized carbons (Fsp3) is 0.455. The van der Waals surface area contributed by atoms with Crippen molar-refractivity contribution in [2.45, 2.75) is 31.7 Å². The Labute approximate surface area is 98.1 Å². The lowest BCUT2D eigenvalue weighted by Gasteiger charge is -2.12. The van der Waals surface area contributed by atoms with Crippen molar-refractivity contribution in [3.8, 4) is 10.7 Å². The monoisotopic (exact) mass is 234 g/mol. The highest BCUT2D eigenvalue weighted by molar-refractivity contribution is 7.14. The lowest BCUT2D eigenvalue weighted by molar-refractivity contribution is 0.522. The summed E-state index contributed by atoms with van der Waals surface area (Å²) in [6.07, 6.45) is 6.92. The van der Waals surface area contributed by atoms with Crippen molar-refractivity contribution in [2.75, 3.05) is 5.73 Å². The molecule has 4 nitrogen and oxygen atoms in total. The molecule has 2 heterocycles. The number of rotatable bonds is 2. The highest BCUT2D eigenvalue weighted by Crippen LogP contribution is 2.36. The maximum absolute atomic E-state index is 5.93. The Kier molecular flexibility index (Phi) is 2.40. The summed E-state index contributed by atoms with van der Waals surface area (Å²) in [4.78, 5) is 1.05. The van der Waals surface area contributed by atoms with Crippen LogP contribution in [0, 0.1) is 0 Å². The number of thiophene rings is 1. The van der Waals surface area contributed by atoms with E-state index in [1.165, 1.54) is 25.7 Å². The molecule has 1 aliphatic rings. The number of hydrogen-bond donors (Lipinski definition) is 1. The van der Waals surface area contributed by atoms with E-state index in [1.54, 1.807) is 11.3 Å². The van der Waals surface area contributed by atoms with Gasteiger partial charge in [-0.2, -0.15) is 0 Å². The third-order valence-corrected chi connectivity index (χ3v) is 4.12. The first-order chi connectivity index (χ1) is 7.86. The van der Waals surface area contributed by atoms with Crippen LogP contribution in [-0.4, -0.2) is 14.8 Å². The van der Waals surface area contributed by atoms with E-state index in [9.17, 15) is 0 Å². The first-order valence-electron chi connectivity index (χ1n) is 5.59. The Morgan fingerprint density at radius 3 is 2.88 bits per heavy atom. The Morgan fingerprint density at radius 2 is 2.19 bits per heavy atom. The van der Waals surface area contributed by atoms with Crippen LogP contribution < -0.4 is 5.73 Å². The van der Waals surface area contributed by atoms with Crippen LogP contribution in [0.3, 0.4) is 0 Å². The molecule has 0 aromatic carbocycles. The number of nitrogens with zero attached hydrogens (tertiary/aromatic N) is 3. The van der Waals surface area contributed by atoms with E-state index in [0.29, 0.717) is 6.04 Å². The summed E-state index contributed by atoms with van der Waals surface area (Å²) in [6, 6.07) is 2.49. The molecular weight excluding hydrogens is 220 g/mol. The van der Waals surface area contributed by atoms with Gasteiger partial charge in [-0.3, -0.25) is 0 Å². The van der Waals surface area contributed by atoms with Crippen molar-refractivity contribution in [1.29, 1.82) is 0 Å². The fourth-order valence-electron chi connectivity index (χ4n) is 2.36. The van der Waals surface area contributed by atoms with E-state index in [-0.39, 0.29) is 0 Å². The van der Waals surface area contributed by atoms with Crippen LogP contribution in [-0.2, 0) is 0 Å². The third kappa shape index (κ3) is 1.51. The van der Waals surface area contributed by atoms with Crippen LogP contribution >= 0.6 is 11.3 Å². The minimum Gasteiger partial charge on any atom is -0.397 e. The van der Waals surface area contributed by atoms with Gasteiger partial charge in [-0.05, 0) is 24.3 Å². The summed E-state index contributed by atoms with van der Waals surface area (Å²) in [6.45, 7) is 0. The van der Waals surface area contributed by atoms with E-state index in [0.717, 1.165) is 16.4 Å².